The zero-order valence-electron chi connectivity index (χ0n) is 20.5. The number of fused-ring (bicyclic) bond motifs is 1. The molecular weight excluding hydrogens is 442 g/mol. The molecule has 0 unspecified atom stereocenters. The zero-order chi connectivity index (χ0) is 24.5. The number of amides is 1. The first-order valence-electron chi connectivity index (χ1n) is 12.4. The second kappa shape index (κ2) is 9.60. The molecule has 1 aromatic carbocycles. The van der Waals surface area contributed by atoms with Crippen molar-refractivity contribution < 1.29 is 14.3 Å². The molecule has 0 atom stereocenters. The number of aromatic nitrogens is 4. The van der Waals surface area contributed by atoms with Crippen LogP contribution in [0.1, 0.15) is 79.9 Å². The van der Waals surface area contributed by atoms with Crippen molar-refractivity contribution in [2.24, 2.45) is 5.92 Å². The summed E-state index contributed by atoms with van der Waals surface area (Å²) in [5.74, 6) is 1.55. The molecular formula is C27H31N5O3. The average molecular weight is 474 g/mol. The van der Waals surface area contributed by atoms with E-state index in [2.05, 4.69) is 36.2 Å². The molecule has 0 saturated heterocycles. The molecule has 2 aromatic heterocycles. The Hall–Kier alpha value is -3.55. The van der Waals surface area contributed by atoms with Gasteiger partial charge in [0.15, 0.2) is 5.82 Å². The van der Waals surface area contributed by atoms with Crippen LogP contribution >= 0.6 is 0 Å². The Bertz CT molecular complexity index is 1240. The molecule has 182 valence electrons. The number of pyridine rings is 1. The smallest absolute Gasteiger partial charge is 0.308 e. The number of nitrogens with zero attached hydrogens (tertiary/aromatic N) is 5. The third kappa shape index (κ3) is 4.45. The second-order valence-corrected chi connectivity index (χ2v) is 9.65. The fourth-order valence-electron chi connectivity index (χ4n) is 5.18. The van der Waals surface area contributed by atoms with E-state index in [1.54, 1.807) is 11.2 Å². The lowest BCUT2D eigenvalue weighted by atomic mass is 9.78. The van der Waals surface area contributed by atoms with Crippen molar-refractivity contribution in [3.8, 4) is 11.5 Å². The van der Waals surface area contributed by atoms with Crippen molar-refractivity contribution in [2.45, 2.75) is 65.0 Å². The van der Waals surface area contributed by atoms with Gasteiger partial charge >= 0.3 is 5.97 Å². The average Bonchev–Trinajstić information content (AvgIpc) is 3.50. The van der Waals surface area contributed by atoms with Gasteiger partial charge in [-0.15, -0.1) is 10.2 Å². The molecule has 3 aromatic rings. The molecule has 5 rings (SSSR count). The highest BCUT2D eigenvalue weighted by atomic mass is 16.5. The lowest BCUT2D eigenvalue weighted by Gasteiger charge is -2.27. The van der Waals surface area contributed by atoms with Gasteiger partial charge in [0.25, 0.3) is 5.91 Å². The highest BCUT2D eigenvalue weighted by molar-refractivity contribution is 6.09. The SMILES string of the molecule is CCOC(=O)C1CCC(c2ccc3c(c2)C(=O)N(c2cccc(-c4nncn4C(C)C)n2)C3)CC1. The van der Waals surface area contributed by atoms with Gasteiger partial charge in [-0.25, -0.2) is 4.98 Å². The van der Waals surface area contributed by atoms with Crippen LogP contribution in [-0.4, -0.2) is 38.2 Å². The summed E-state index contributed by atoms with van der Waals surface area (Å²) in [6.07, 6.45) is 5.23. The van der Waals surface area contributed by atoms with Gasteiger partial charge in [0, 0.05) is 11.6 Å². The Kier molecular flexibility index (Phi) is 6.36. The molecule has 2 aliphatic rings. The van der Waals surface area contributed by atoms with E-state index in [1.165, 1.54) is 5.56 Å². The van der Waals surface area contributed by atoms with Crippen LogP contribution in [0.2, 0.25) is 0 Å². The van der Waals surface area contributed by atoms with Crippen LogP contribution in [0.3, 0.4) is 0 Å². The minimum atomic E-state index is -0.0768. The van der Waals surface area contributed by atoms with Crippen LogP contribution in [0.4, 0.5) is 5.82 Å². The molecule has 1 aliphatic carbocycles. The number of anilines is 1. The molecule has 1 amide bonds. The largest absolute Gasteiger partial charge is 0.466 e. The number of rotatable bonds is 6. The molecule has 0 bridgehead atoms. The van der Waals surface area contributed by atoms with Gasteiger partial charge in [0.1, 0.15) is 17.8 Å². The Balaban J connectivity index is 1.33. The number of hydrogen-bond donors (Lipinski definition) is 0. The van der Waals surface area contributed by atoms with Crippen molar-refractivity contribution in [1.82, 2.24) is 19.7 Å². The number of benzene rings is 1. The van der Waals surface area contributed by atoms with Gasteiger partial charge < -0.3 is 9.30 Å². The van der Waals surface area contributed by atoms with E-state index in [9.17, 15) is 9.59 Å². The summed E-state index contributed by atoms with van der Waals surface area (Å²) in [6.45, 7) is 6.91. The lowest BCUT2D eigenvalue weighted by molar-refractivity contribution is -0.149. The number of hydrogen-bond acceptors (Lipinski definition) is 6. The van der Waals surface area contributed by atoms with Crippen molar-refractivity contribution in [3.63, 3.8) is 0 Å². The summed E-state index contributed by atoms with van der Waals surface area (Å²) in [5.41, 5.74) is 3.62. The Morgan fingerprint density at radius 2 is 1.94 bits per heavy atom. The van der Waals surface area contributed by atoms with Crippen molar-refractivity contribution in [3.05, 3.63) is 59.4 Å². The number of carbonyl (C=O) groups is 2. The molecule has 0 N–H and O–H groups in total. The maximum atomic E-state index is 13.4. The zero-order valence-corrected chi connectivity index (χ0v) is 20.5. The predicted molar refractivity (Wildman–Crippen MR) is 132 cm³/mol. The lowest BCUT2D eigenvalue weighted by Crippen LogP contribution is -2.24. The molecule has 8 heteroatoms. The van der Waals surface area contributed by atoms with E-state index in [0.29, 0.717) is 36.4 Å². The maximum absolute atomic E-state index is 13.4. The van der Waals surface area contributed by atoms with Crippen LogP contribution in [0.25, 0.3) is 11.5 Å². The van der Waals surface area contributed by atoms with E-state index >= 15 is 0 Å². The molecule has 8 nitrogen and oxygen atoms in total. The summed E-state index contributed by atoms with van der Waals surface area (Å²) < 4.78 is 7.16. The van der Waals surface area contributed by atoms with Crippen LogP contribution in [-0.2, 0) is 16.1 Å². The van der Waals surface area contributed by atoms with E-state index < -0.39 is 0 Å². The number of esters is 1. The fraction of sp³-hybridized carbons (Fsp3) is 0.444. The monoisotopic (exact) mass is 473 g/mol. The molecule has 35 heavy (non-hydrogen) atoms. The normalized spacial score (nSPS) is 19.8. The predicted octanol–water partition coefficient (Wildman–Crippen LogP) is 4.92. The second-order valence-electron chi connectivity index (χ2n) is 9.65. The van der Waals surface area contributed by atoms with Crippen LogP contribution < -0.4 is 4.90 Å². The van der Waals surface area contributed by atoms with Gasteiger partial charge in [-0.05, 0) is 81.7 Å². The first kappa shape index (κ1) is 23.2. The summed E-state index contributed by atoms with van der Waals surface area (Å²) in [7, 11) is 0. The van der Waals surface area contributed by atoms with Crippen molar-refractivity contribution >= 4 is 17.7 Å². The molecule has 1 fully saturated rings. The third-order valence-corrected chi connectivity index (χ3v) is 7.13. The van der Waals surface area contributed by atoms with Crippen molar-refractivity contribution in [2.75, 3.05) is 11.5 Å². The first-order valence-corrected chi connectivity index (χ1v) is 12.4. The Labute approximate surface area is 205 Å². The number of ether oxygens (including phenoxy) is 1. The van der Waals surface area contributed by atoms with Gasteiger partial charge in [-0.3, -0.25) is 14.5 Å². The molecule has 0 spiro atoms. The van der Waals surface area contributed by atoms with Gasteiger partial charge in [0.2, 0.25) is 0 Å². The van der Waals surface area contributed by atoms with Crippen molar-refractivity contribution in [1.29, 1.82) is 0 Å². The van der Waals surface area contributed by atoms with Crippen LogP contribution in [0.5, 0.6) is 0 Å². The molecule has 3 heterocycles. The maximum Gasteiger partial charge on any atom is 0.308 e. The van der Waals surface area contributed by atoms with Crippen LogP contribution in [0.15, 0.2) is 42.7 Å². The Morgan fingerprint density at radius 1 is 1.14 bits per heavy atom. The molecule has 0 radical (unpaired) electrons. The van der Waals surface area contributed by atoms with E-state index in [0.717, 1.165) is 36.8 Å². The van der Waals surface area contributed by atoms with Gasteiger partial charge in [-0.2, -0.15) is 0 Å². The third-order valence-electron chi connectivity index (χ3n) is 7.13. The topological polar surface area (TPSA) is 90.2 Å². The van der Waals surface area contributed by atoms with Gasteiger partial charge in [0.05, 0.1) is 19.1 Å². The number of carbonyl (C=O) groups excluding carboxylic acids is 2. The minimum absolute atomic E-state index is 0.00223. The highest BCUT2D eigenvalue weighted by Crippen LogP contribution is 2.38. The standard InChI is InChI=1S/C27H31N5O3/c1-4-35-27(34)19-10-8-18(9-11-19)20-12-13-21-15-31(26(33)22(21)14-20)24-7-5-6-23(29-24)25-30-28-16-32(25)17(2)3/h5-7,12-14,16-19H,4,8-11,15H2,1-3H3. The Morgan fingerprint density at radius 3 is 2.69 bits per heavy atom. The quantitative estimate of drug-likeness (QED) is 0.472. The first-order chi connectivity index (χ1) is 17.0. The molecule has 1 saturated carbocycles. The van der Waals surface area contributed by atoms with E-state index in [1.807, 2.05) is 35.8 Å². The fourth-order valence-corrected chi connectivity index (χ4v) is 5.18. The van der Waals surface area contributed by atoms with Crippen LogP contribution in [0, 0.1) is 5.92 Å². The molecule has 1 aliphatic heterocycles. The summed E-state index contributed by atoms with van der Waals surface area (Å²) >= 11 is 0. The summed E-state index contributed by atoms with van der Waals surface area (Å²) in [6, 6.07) is 12.1. The minimum Gasteiger partial charge on any atom is -0.466 e. The summed E-state index contributed by atoms with van der Waals surface area (Å²) in [5, 5.41) is 8.28. The summed E-state index contributed by atoms with van der Waals surface area (Å²) in [4.78, 5) is 32.0. The van der Waals surface area contributed by atoms with Gasteiger partial charge in [-0.1, -0.05) is 18.2 Å². The van der Waals surface area contributed by atoms with E-state index in [4.69, 9.17) is 9.72 Å². The van der Waals surface area contributed by atoms with E-state index in [-0.39, 0.29) is 23.8 Å². The highest BCUT2D eigenvalue weighted by Gasteiger charge is 2.32.